The molecule has 0 fully saturated rings. The molecule has 5 nitrogen and oxygen atoms in total. The lowest BCUT2D eigenvalue weighted by Crippen LogP contribution is -2.36. The third kappa shape index (κ3) is 3.15. The number of rotatable bonds is 4. The van der Waals surface area contributed by atoms with Crippen molar-refractivity contribution >= 4 is 17.2 Å². The smallest absolute Gasteiger partial charge is 0.263 e. The number of thiazole rings is 1. The number of aryl methyl sites for hydroxylation is 3. The summed E-state index contributed by atoms with van der Waals surface area (Å²) in [5.74, 6) is -0.265. The molecule has 2 heterocycles. The van der Waals surface area contributed by atoms with E-state index >= 15 is 0 Å². The molecule has 0 unspecified atom stereocenters. The first-order valence-electron chi connectivity index (χ1n) is 8.09. The number of carbonyl (C=O) groups excluding carboxylic acids is 1. The molecule has 6 heteroatoms. The third-order valence-corrected chi connectivity index (χ3v) is 5.46. The summed E-state index contributed by atoms with van der Waals surface area (Å²) in [5, 5.41) is 0.981. The Morgan fingerprint density at radius 2 is 2.00 bits per heavy atom. The average Bonchev–Trinajstić information content (AvgIpc) is 2.87. The molecule has 1 amide bonds. The Labute approximate surface area is 147 Å². The summed E-state index contributed by atoms with van der Waals surface area (Å²) in [7, 11) is 3.45. The molecule has 0 aromatic carbocycles. The predicted molar refractivity (Wildman–Crippen MR) is 97.9 cm³/mol. The highest BCUT2D eigenvalue weighted by molar-refractivity contribution is 7.11. The van der Waals surface area contributed by atoms with Crippen molar-refractivity contribution in [2.75, 3.05) is 7.05 Å². The summed E-state index contributed by atoms with van der Waals surface area (Å²) in [5.41, 5.74) is 2.79. The molecule has 0 N–H and O–H groups in total. The van der Waals surface area contributed by atoms with Crippen molar-refractivity contribution in [1.29, 1.82) is 0 Å². The van der Waals surface area contributed by atoms with Gasteiger partial charge in [0.05, 0.1) is 16.7 Å². The summed E-state index contributed by atoms with van der Waals surface area (Å²) in [6.07, 6.45) is 0.760. The first-order valence-corrected chi connectivity index (χ1v) is 8.91. The highest BCUT2D eigenvalue weighted by Gasteiger charge is 2.25. The van der Waals surface area contributed by atoms with Gasteiger partial charge in [0.25, 0.3) is 11.5 Å². The zero-order valence-electron chi connectivity index (χ0n) is 15.4. The van der Waals surface area contributed by atoms with Crippen LogP contribution in [0, 0.1) is 20.8 Å². The second-order valence-electron chi connectivity index (χ2n) is 6.17. The first-order chi connectivity index (χ1) is 11.2. The SMILES string of the molecule is CCc1c(C)cc(C(=O)N(C)[C@H](C)c2nc(C)sc2C)c(=O)n1C. The van der Waals surface area contributed by atoms with Crippen LogP contribution in [0.5, 0.6) is 0 Å². The van der Waals surface area contributed by atoms with Gasteiger partial charge in [0.15, 0.2) is 0 Å². The summed E-state index contributed by atoms with van der Waals surface area (Å²) < 4.78 is 1.58. The zero-order chi connectivity index (χ0) is 18.2. The first kappa shape index (κ1) is 18.4. The van der Waals surface area contributed by atoms with Gasteiger partial charge in [-0.2, -0.15) is 0 Å². The normalized spacial score (nSPS) is 12.3. The van der Waals surface area contributed by atoms with Gasteiger partial charge in [-0.05, 0) is 45.7 Å². The van der Waals surface area contributed by atoms with Crippen LogP contribution in [-0.4, -0.2) is 27.4 Å². The van der Waals surface area contributed by atoms with Gasteiger partial charge in [-0.15, -0.1) is 11.3 Å². The van der Waals surface area contributed by atoms with Crippen molar-refractivity contribution in [3.05, 3.63) is 48.8 Å². The molecular weight excluding hydrogens is 322 g/mol. The molecule has 2 rings (SSSR count). The minimum absolute atomic E-state index is 0.182. The maximum Gasteiger partial charge on any atom is 0.263 e. The number of amides is 1. The van der Waals surface area contributed by atoms with Gasteiger partial charge < -0.3 is 9.47 Å². The molecule has 0 saturated heterocycles. The molecule has 130 valence electrons. The lowest BCUT2D eigenvalue weighted by Gasteiger charge is -2.25. The van der Waals surface area contributed by atoms with Gasteiger partial charge >= 0.3 is 0 Å². The topological polar surface area (TPSA) is 55.2 Å². The molecule has 1 atom stereocenters. The van der Waals surface area contributed by atoms with Crippen molar-refractivity contribution in [3.63, 3.8) is 0 Å². The van der Waals surface area contributed by atoms with Gasteiger partial charge in [-0.25, -0.2) is 4.98 Å². The van der Waals surface area contributed by atoms with E-state index in [-0.39, 0.29) is 23.1 Å². The Morgan fingerprint density at radius 1 is 1.38 bits per heavy atom. The van der Waals surface area contributed by atoms with Crippen molar-refractivity contribution < 1.29 is 4.79 Å². The van der Waals surface area contributed by atoms with E-state index < -0.39 is 0 Å². The van der Waals surface area contributed by atoms with Crippen LogP contribution in [0.25, 0.3) is 0 Å². The van der Waals surface area contributed by atoms with Crippen LogP contribution < -0.4 is 5.56 Å². The van der Waals surface area contributed by atoms with Crippen LogP contribution in [0.2, 0.25) is 0 Å². The van der Waals surface area contributed by atoms with Gasteiger partial charge in [0.2, 0.25) is 0 Å². The van der Waals surface area contributed by atoms with Crippen LogP contribution in [-0.2, 0) is 13.5 Å². The fourth-order valence-electron chi connectivity index (χ4n) is 3.08. The van der Waals surface area contributed by atoms with E-state index in [0.717, 1.165) is 33.3 Å². The Hall–Kier alpha value is -1.95. The van der Waals surface area contributed by atoms with Gasteiger partial charge in [0.1, 0.15) is 5.56 Å². The molecule has 24 heavy (non-hydrogen) atoms. The van der Waals surface area contributed by atoms with E-state index in [1.807, 2.05) is 34.6 Å². The quantitative estimate of drug-likeness (QED) is 0.854. The molecule has 0 aliphatic rings. The summed E-state index contributed by atoms with van der Waals surface area (Å²) in [6, 6.07) is 1.53. The minimum Gasteiger partial charge on any atom is -0.333 e. The van der Waals surface area contributed by atoms with E-state index in [9.17, 15) is 9.59 Å². The maximum atomic E-state index is 12.9. The van der Waals surface area contributed by atoms with E-state index in [2.05, 4.69) is 4.98 Å². The number of hydrogen-bond donors (Lipinski definition) is 0. The lowest BCUT2D eigenvalue weighted by molar-refractivity contribution is 0.0737. The average molecular weight is 347 g/mol. The highest BCUT2D eigenvalue weighted by Crippen LogP contribution is 2.26. The predicted octanol–water partition coefficient (Wildman–Crippen LogP) is 3.16. The van der Waals surface area contributed by atoms with Crippen LogP contribution in [0.1, 0.15) is 57.1 Å². The summed E-state index contributed by atoms with van der Waals surface area (Å²) >= 11 is 1.62. The van der Waals surface area contributed by atoms with Crippen LogP contribution >= 0.6 is 11.3 Å². The van der Waals surface area contributed by atoms with Gasteiger partial charge in [-0.1, -0.05) is 6.92 Å². The molecule has 2 aromatic rings. The number of nitrogens with zero attached hydrogens (tertiary/aromatic N) is 3. The van der Waals surface area contributed by atoms with Crippen LogP contribution in [0.4, 0.5) is 0 Å². The fraction of sp³-hybridized carbons (Fsp3) is 0.500. The second kappa shape index (κ2) is 6.89. The van der Waals surface area contributed by atoms with Gasteiger partial charge in [0, 0.05) is 24.7 Å². The number of hydrogen-bond acceptors (Lipinski definition) is 4. The molecular formula is C18H25N3O2S. The molecule has 0 saturated carbocycles. The Kier molecular flexibility index (Phi) is 5.28. The maximum absolute atomic E-state index is 12.9. The Morgan fingerprint density at radius 3 is 2.50 bits per heavy atom. The van der Waals surface area contributed by atoms with Crippen LogP contribution in [0.15, 0.2) is 10.9 Å². The van der Waals surface area contributed by atoms with Crippen molar-refractivity contribution in [2.24, 2.45) is 7.05 Å². The van der Waals surface area contributed by atoms with Gasteiger partial charge in [-0.3, -0.25) is 9.59 Å². The third-order valence-electron chi connectivity index (χ3n) is 4.56. The van der Waals surface area contributed by atoms with Crippen LogP contribution in [0.3, 0.4) is 0 Å². The molecule has 0 aliphatic heterocycles. The Balaban J connectivity index is 2.42. The highest BCUT2D eigenvalue weighted by atomic mass is 32.1. The molecule has 0 radical (unpaired) electrons. The number of carbonyl (C=O) groups is 1. The van der Waals surface area contributed by atoms with Crippen molar-refractivity contribution in [1.82, 2.24) is 14.5 Å². The molecule has 0 aliphatic carbocycles. The standard InChI is InChI=1S/C18H25N3O2S/c1-8-15-10(2)9-14(18(23)21(15)7)17(22)20(6)11(3)16-12(4)24-13(5)19-16/h9,11H,8H2,1-7H3/t11-/m1/s1. The zero-order valence-corrected chi connectivity index (χ0v) is 16.2. The molecule has 2 aromatic heterocycles. The van der Waals surface area contributed by atoms with E-state index in [1.165, 1.54) is 0 Å². The number of aromatic nitrogens is 2. The van der Waals surface area contributed by atoms with Crippen molar-refractivity contribution in [3.8, 4) is 0 Å². The monoisotopic (exact) mass is 347 g/mol. The second-order valence-corrected chi connectivity index (χ2v) is 7.58. The van der Waals surface area contributed by atoms with Crippen molar-refractivity contribution in [2.45, 2.75) is 47.1 Å². The summed E-state index contributed by atoms with van der Waals surface area (Å²) in [4.78, 5) is 32.7. The van der Waals surface area contributed by atoms with E-state index in [4.69, 9.17) is 0 Å². The molecule has 0 bridgehead atoms. The number of pyridine rings is 1. The lowest BCUT2D eigenvalue weighted by atomic mass is 10.1. The van der Waals surface area contributed by atoms with E-state index in [1.54, 1.807) is 41.0 Å². The summed E-state index contributed by atoms with van der Waals surface area (Å²) in [6.45, 7) is 9.85. The fourth-order valence-corrected chi connectivity index (χ4v) is 3.99. The Bertz CT molecular complexity index is 836. The minimum atomic E-state index is -0.265. The van der Waals surface area contributed by atoms with E-state index in [0.29, 0.717) is 0 Å². The largest absolute Gasteiger partial charge is 0.333 e. The molecule has 0 spiro atoms.